The van der Waals surface area contributed by atoms with Crippen LogP contribution in [0.2, 0.25) is 0 Å². The van der Waals surface area contributed by atoms with Gasteiger partial charge in [0.1, 0.15) is 0 Å². The van der Waals surface area contributed by atoms with Gasteiger partial charge in [-0.2, -0.15) is 0 Å². The van der Waals surface area contributed by atoms with Gasteiger partial charge in [0, 0.05) is 21.7 Å². The summed E-state index contributed by atoms with van der Waals surface area (Å²) < 4.78 is 1.30. The lowest BCUT2D eigenvalue weighted by molar-refractivity contribution is 1.49. The van der Waals surface area contributed by atoms with E-state index in [0.717, 1.165) is 5.52 Å². The van der Waals surface area contributed by atoms with Crippen molar-refractivity contribution >= 4 is 32.3 Å². The predicted molar refractivity (Wildman–Crippen MR) is 57.1 cm³/mol. The van der Waals surface area contributed by atoms with Crippen LogP contribution in [-0.4, -0.2) is 4.98 Å². The summed E-state index contributed by atoms with van der Waals surface area (Å²) in [6.45, 7) is 0. The van der Waals surface area contributed by atoms with Gasteiger partial charge in [0.2, 0.25) is 0 Å². The summed E-state index contributed by atoms with van der Waals surface area (Å²) in [5.74, 6) is 0. The van der Waals surface area contributed by atoms with Gasteiger partial charge in [-0.15, -0.1) is 11.3 Å². The molecule has 13 heavy (non-hydrogen) atoms. The molecule has 0 saturated carbocycles. The zero-order valence-corrected chi connectivity index (χ0v) is 7.71. The summed E-state index contributed by atoms with van der Waals surface area (Å²) >= 11 is 1.76. The Morgan fingerprint density at radius 2 is 2.08 bits per heavy atom. The van der Waals surface area contributed by atoms with Gasteiger partial charge in [-0.05, 0) is 17.5 Å². The highest BCUT2D eigenvalue weighted by Gasteiger charge is 2.00. The quantitative estimate of drug-likeness (QED) is 0.522. The number of fused-ring (bicyclic) bond motifs is 3. The SMILES string of the molecule is c1csc2ccc3ccnc3c2c1. The first-order valence-corrected chi connectivity index (χ1v) is 5.04. The van der Waals surface area contributed by atoms with E-state index in [1.54, 1.807) is 11.3 Å². The molecule has 0 radical (unpaired) electrons. The van der Waals surface area contributed by atoms with Crippen LogP contribution in [-0.2, 0) is 0 Å². The fraction of sp³-hybridized carbons (Fsp3) is 0. The van der Waals surface area contributed by atoms with Gasteiger partial charge < -0.3 is 0 Å². The van der Waals surface area contributed by atoms with E-state index in [1.165, 1.54) is 15.5 Å². The van der Waals surface area contributed by atoms with Crippen molar-refractivity contribution in [1.29, 1.82) is 0 Å². The molecule has 62 valence electrons. The van der Waals surface area contributed by atoms with Crippen molar-refractivity contribution in [3.05, 3.63) is 41.9 Å². The lowest BCUT2D eigenvalue weighted by atomic mass is 10.2. The number of hydrogen-bond donors (Lipinski definition) is 0. The highest BCUT2D eigenvalue weighted by atomic mass is 32.1. The molecule has 2 aromatic heterocycles. The van der Waals surface area contributed by atoms with Crippen LogP contribution in [0.5, 0.6) is 0 Å². The van der Waals surface area contributed by atoms with Crippen LogP contribution >= 0.6 is 11.3 Å². The third-order valence-electron chi connectivity index (χ3n) is 2.20. The Morgan fingerprint density at radius 1 is 1.08 bits per heavy atom. The Kier molecular flexibility index (Phi) is 1.37. The lowest BCUT2D eigenvalue weighted by Crippen LogP contribution is -1.71. The summed E-state index contributed by atoms with van der Waals surface area (Å²) in [5.41, 5.74) is 1.12. The van der Waals surface area contributed by atoms with Gasteiger partial charge in [0.15, 0.2) is 0 Å². The molecule has 2 heteroatoms. The molecule has 0 bridgehead atoms. The molecule has 0 N–H and O–H groups in total. The maximum atomic E-state index is 4.35. The van der Waals surface area contributed by atoms with Crippen LogP contribution in [0.15, 0.2) is 41.9 Å². The van der Waals surface area contributed by atoms with Crippen molar-refractivity contribution in [2.45, 2.75) is 0 Å². The van der Waals surface area contributed by atoms with Crippen molar-refractivity contribution in [2.75, 3.05) is 0 Å². The topological polar surface area (TPSA) is 12.9 Å². The Balaban J connectivity index is 2.65. The van der Waals surface area contributed by atoms with E-state index in [9.17, 15) is 0 Å². The van der Waals surface area contributed by atoms with Crippen LogP contribution < -0.4 is 0 Å². The summed E-state index contributed by atoms with van der Waals surface area (Å²) in [5, 5.41) is 4.58. The molecule has 3 aromatic rings. The van der Waals surface area contributed by atoms with E-state index in [-0.39, 0.29) is 0 Å². The fourth-order valence-electron chi connectivity index (χ4n) is 1.59. The van der Waals surface area contributed by atoms with Gasteiger partial charge >= 0.3 is 0 Å². The Hall–Kier alpha value is -1.41. The molecule has 1 nitrogen and oxygen atoms in total. The second-order valence-corrected chi connectivity index (χ2v) is 3.92. The monoisotopic (exact) mass is 185 g/mol. The molecule has 0 saturated heterocycles. The van der Waals surface area contributed by atoms with E-state index in [2.05, 4.69) is 34.6 Å². The summed E-state index contributed by atoms with van der Waals surface area (Å²) in [4.78, 5) is 4.35. The van der Waals surface area contributed by atoms with Gasteiger partial charge in [-0.1, -0.05) is 18.2 Å². The highest BCUT2D eigenvalue weighted by Crippen LogP contribution is 2.26. The van der Waals surface area contributed by atoms with E-state index >= 15 is 0 Å². The molecule has 0 atom stereocenters. The molecule has 0 spiro atoms. The first-order valence-electron chi connectivity index (χ1n) is 4.16. The maximum Gasteiger partial charge on any atom is 0.0788 e. The van der Waals surface area contributed by atoms with Gasteiger partial charge in [0.25, 0.3) is 0 Å². The largest absolute Gasteiger partial charge is 0.256 e. The van der Waals surface area contributed by atoms with Gasteiger partial charge in [0.05, 0.1) is 5.52 Å². The van der Waals surface area contributed by atoms with Crippen molar-refractivity contribution in [3.8, 4) is 0 Å². The smallest absolute Gasteiger partial charge is 0.0788 e. The third kappa shape index (κ3) is 0.956. The predicted octanol–water partition coefficient (Wildman–Crippen LogP) is 3.45. The summed E-state index contributed by atoms with van der Waals surface area (Å²) in [7, 11) is 0. The van der Waals surface area contributed by atoms with Crippen LogP contribution in [0.4, 0.5) is 0 Å². The standard InChI is InChI=1S/C11H7NS/c1-2-9-10(13-7-1)4-3-8-5-6-12-11(8)9/h1-7H. The molecular formula is C11H7NS. The molecular weight excluding hydrogens is 178 g/mol. The molecule has 1 aromatic carbocycles. The number of rotatable bonds is 0. The molecule has 0 aliphatic heterocycles. The molecule has 0 fully saturated rings. The molecule has 2 heterocycles. The van der Waals surface area contributed by atoms with Crippen LogP contribution in [0.25, 0.3) is 21.0 Å². The Morgan fingerprint density at radius 3 is 3.08 bits per heavy atom. The number of benzene rings is 1. The van der Waals surface area contributed by atoms with Crippen molar-refractivity contribution in [2.24, 2.45) is 0 Å². The molecule has 0 aliphatic carbocycles. The maximum absolute atomic E-state index is 4.35. The molecule has 0 amide bonds. The Bertz CT molecular complexity index is 568. The van der Waals surface area contributed by atoms with Gasteiger partial charge in [-0.3, -0.25) is 4.98 Å². The van der Waals surface area contributed by atoms with E-state index in [1.807, 2.05) is 12.3 Å². The average Bonchev–Trinajstić information content (AvgIpc) is 2.65. The number of aromatic nitrogens is 1. The first kappa shape index (κ1) is 7.04. The average molecular weight is 185 g/mol. The molecule has 0 unspecified atom stereocenters. The molecule has 0 aliphatic rings. The Labute approximate surface area is 79.7 Å². The second-order valence-electron chi connectivity index (χ2n) is 2.97. The normalized spacial score (nSPS) is 11.1. The first-order chi connectivity index (χ1) is 6.45. The second kappa shape index (κ2) is 2.54. The molecule has 3 rings (SSSR count). The minimum absolute atomic E-state index is 1.12. The van der Waals surface area contributed by atoms with Crippen molar-refractivity contribution < 1.29 is 0 Å². The van der Waals surface area contributed by atoms with E-state index < -0.39 is 0 Å². The summed E-state index contributed by atoms with van der Waals surface area (Å²) in [6.07, 6.45) is 1.86. The van der Waals surface area contributed by atoms with Crippen LogP contribution in [0.3, 0.4) is 0 Å². The number of nitrogens with zero attached hydrogens (tertiary/aromatic N) is 1. The fourth-order valence-corrected chi connectivity index (χ4v) is 2.33. The lowest BCUT2D eigenvalue weighted by Gasteiger charge is -1.96. The number of hydrogen-bond acceptors (Lipinski definition) is 2. The van der Waals surface area contributed by atoms with Crippen LogP contribution in [0.1, 0.15) is 0 Å². The van der Waals surface area contributed by atoms with Crippen LogP contribution in [0, 0.1) is 0 Å². The zero-order valence-electron chi connectivity index (χ0n) is 6.90. The van der Waals surface area contributed by atoms with Crippen molar-refractivity contribution in [1.82, 2.24) is 4.98 Å². The van der Waals surface area contributed by atoms with Gasteiger partial charge in [-0.25, -0.2) is 0 Å². The van der Waals surface area contributed by atoms with E-state index in [0.29, 0.717) is 0 Å². The highest BCUT2D eigenvalue weighted by molar-refractivity contribution is 7.16. The summed E-state index contributed by atoms with van der Waals surface area (Å²) in [6, 6.07) is 10.5. The minimum atomic E-state index is 1.12. The van der Waals surface area contributed by atoms with E-state index in [4.69, 9.17) is 0 Å². The zero-order chi connectivity index (χ0) is 8.67. The van der Waals surface area contributed by atoms with Crippen molar-refractivity contribution in [3.63, 3.8) is 0 Å². The third-order valence-corrected chi connectivity index (χ3v) is 3.11. The minimum Gasteiger partial charge on any atom is -0.256 e.